The zero-order chi connectivity index (χ0) is 20.5. The number of carbonyl (C=O) groups is 2. The molecule has 1 atom stereocenters. The second kappa shape index (κ2) is 8.22. The Kier molecular flexibility index (Phi) is 5.28. The van der Waals surface area contributed by atoms with Gasteiger partial charge in [-0.05, 0) is 25.0 Å². The van der Waals surface area contributed by atoms with Crippen molar-refractivity contribution >= 4 is 34.0 Å². The van der Waals surface area contributed by atoms with Gasteiger partial charge in [-0.1, -0.05) is 30.6 Å². The first-order valence-electron chi connectivity index (χ1n) is 10.5. The lowest BCUT2D eigenvalue weighted by Gasteiger charge is -2.22. The maximum absolute atomic E-state index is 12.8. The molecule has 5 rings (SSSR count). The topological polar surface area (TPSA) is 93.7 Å². The van der Waals surface area contributed by atoms with E-state index in [2.05, 4.69) is 15.5 Å². The number of ether oxygens (including phenoxy) is 2. The molecule has 2 aliphatic heterocycles. The first kappa shape index (κ1) is 19.3. The van der Waals surface area contributed by atoms with Crippen molar-refractivity contribution in [3.63, 3.8) is 0 Å². The molecule has 1 aromatic heterocycles. The van der Waals surface area contributed by atoms with Crippen LogP contribution in [0.2, 0.25) is 0 Å². The molecule has 3 aliphatic rings. The van der Waals surface area contributed by atoms with Gasteiger partial charge < -0.3 is 19.7 Å². The van der Waals surface area contributed by atoms with Crippen molar-refractivity contribution in [3.8, 4) is 11.5 Å². The van der Waals surface area contributed by atoms with E-state index in [9.17, 15) is 9.59 Å². The molecule has 1 unspecified atom stereocenters. The Morgan fingerprint density at radius 3 is 2.73 bits per heavy atom. The fraction of sp³-hybridized carbons (Fsp3) is 0.524. The molecule has 30 heavy (non-hydrogen) atoms. The van der Waals surface area contributed by atoms with Gasteiger partial charge in [-0.25, -0.2) is 0 Å². The third kappa shape index (κ3) is 3.86. The van der Waals surface area contributed by atoms with Gasteiger partial charge in [0.05, 0.1) is 5.92 Å². The molecular formula is C21H24N4O4S. The zero-order valence-electron chi connectivity index (χ0n) is 16.6. The van der Waals surface area contributed by atoms with Crippen LogP contribution in [0.15, 0.2) is 18.2 Å². The largest absolute Gasteiger partial charge is 0.486 e. The number of nitrogens with one attached hydrogen (secondary N) is 1. The van der Waals surface area contributed by atoms with Gasteiger partial charge in [0.15, 0.2) is 11.5 Å². The van der Waals surface area contributed by atoms with Crippen LogP contribution < -0.4 is 19.7 Å². The smallest absolute Gasteiger partial charge is 0.231 e. The number of hydrogen-bond donors (Lipinski definition) is 1. The third-order valence-corrected chi connectivity index (χ3v) is 6.96. The highest BCUT2D eigenvalue weighted by Gasteiger charge is 2.36. The average molecular weight is 429 g/mol. The van der Waals surface area contributed by atoms with Crippen LogP contribution >= 0.6 is 11.3 Å². The van der Waals surface area contributed by atoms with Crippen molar-refractivity contribution in [2.45, 2.75) is 44.4 Å². The summed E-state index contributed by atoms with van der Waals surface area (Å²) in [4.78, 5) is 27.0. The fourth-order valence-corrected chi connectivity index (χ4v) is 5.26. The minimum Gasteiger partial charge on any atom is -0.486 e. The second-order valence-corrected chi connectivity index (χ2v) is 9.01. The Bertz CT molecular complexity index is 956. The molecule has 1 aromatic carbocycles. The molecule has 158 valence electrons. The molecule has 9 heteroatoms. The number of nitrogens with zero attached hydrogens (tertiary/aromatic N) is 3. The molecule has 8 nitrogen and oxygen atoms in total. The number of benzene rings is 1. The van der Waals surface area contributed by atoms with Crippen molar-refractivity contribution < 1.29 is 19.1 Å². The van der Waals surface area contributed by atoms with E-state index in [-0.39, 0.29) is 18.2 Å². The lowest BCUT2D eigenvalue weighted by Crippen LogP contribution is -2.28. The minimum atomic E-state index is -0.423. The number of anilines is 2. The number of rotatable bonds is 4. The van der Waals surface area contributed by atoms with E-state index in [1.54, 1.807) is 17.0 Å². The van der Waals surface area contributed by atoms with Gasteiger partial charge in [0, 0.05) is 30.6 Å². The summed E-state index contributed by atoms with van der Waals surface area (Å²) >= 11 is 1.46. The highest BCUT2D eigenvalue weighted by atomic mass is 32.1. The number of aromatic nitrogens is 2. The van der Waals surface area contributed by atoms with Crippen molar-refractivity contribution in [3.05, 3.63) is 23.2 Å². The maximum Gasteiger partial charge on any atom is 0.231 e. The summed E-state index contributed by atoms with van der Waals surface area (Å²) in [6.45, 7) is 1.34. The summed E-state index contributed by atoms with van der Waals surface area (Å²) in [6, 6.07) is 5.43. The average Bonchev–Trinajstić information content (AvgIpc) is 3.41. The van der Waals surface area contributed by atoms with Crippen LogP contribution in [0.4, 0.5) is 10.8 Å². The predicted octanol–water partition coefficient (Wildman–Crippen LogP) is 3.35. The summed E-state index contributed by atoms with van der Waals surface area (Å²) in [7, 11) is 0. The van der Waals surface area contributed by atoms with Crippen LogP contribution in [0.3, 0.4) is 0 Å². The van der Waals surface area contributed by atoms with Crippen molar-refractivity contribution in [1.29, 1.82) is 0 Å². The predicted molar refractivity (Wildman–Crippen MR) is 112 cm³/mol. The van der Waals surface area contributed by atoms with E-state index in [0.29, 0.717) is 42.3 Å². The van der Waals surface area contributed by atoms with Gasteiger partial charge in [-0.3, -0.25) is 9.59 Å². The van der Waals surface area contributed by atoms with E-state index in [0.717, 1.165) is 23.5 Å². The van der Waals surface area contributed by atoms with Crippen LogP contribution in [0, 0.1) is 5.92 Å². The van der Waals surface area contributed by atoms with E-state index in [1.165, 1.54) is 30.6 Å². The minimum absolute atomic E-state index is 0.0769. The summed E-state index contributed by atoms with van der Waals surface area (Å²) in [5.74, 6) is 1.08. The van der Waals surface area contributed by atoms with E-state index in [1.807, 2.05) is 6.07 Å². The molecule has 2 fully saturated rings. The van der Waals surface area contributed by atoms with Gasteiger partial charge in [0.1, 0.15) is 18.2 Å². The summed E-state index contributed by atoms with van der Waals surface area (Å²) in [5.41, 5.74) is 0.718. The normalized spacial score (nSPS) is 21.7. The lowest BCUT2D eigenvalue weighted by atomic mass is 9.90. The summed E-state index contributed by atoms with van der Waals surface area (Å²) in [6.07, 6.45) is 6.20. The second-order valence-electron chi connectivity index (χ2n) is 8.00. The van der Waals surface area contributed by atoms with E-state index >= 15 is 0 Å². The molecule has 1 N–H and O–H groups in total. The van der Waals surface area contributed by atoms with Crippen LogP contribution in [-0.2, 0) is 9.59 Å². The van der Waals surface area contributed by atoms with Gasteiger partial charge >= 0.3 is 0 Å². The van der Waals surface area contributed by atoms with Gasteiger partial charge in [-0.2, -0.15) is 0 Å². The molecule has 0 spiro atoms. The molecule has 2 aromatic rings. The number of carbonyl (C=O) groups excluding carboxylic acids is 2. The molecular weight excluding hydrogens is 404 g/mol. The lowest BCUT2D eigenvalue weighted by molar-refractivity contribution is -0.122. The first-order chi connectivity index (χ1) is 14.7. The molecule has 2 amide bonds. The Hall–Kier alpha value is -2.68. The summed E-state index contributed by atoms with van der Waals surface area (Å²) in [5, 5.41) is 12.8. The molecule has 1 saturated carbocycles. The van der Waals surface area contributed by atoms with Crippen molar-refractivity contribution in [1.82, 2.24) is 10.2 Å². The van der Waals surface area contributed by atoms with E-state index < -0.39 is 5.92 Å². The maximum atomic E-state index is 12.8. The Balaban J connectivity index is 1.23. The highest BCUT2D eigenvalue weighted by Crippen LogP contribution is 2.37. The van der Waals surface area contributed by atoms with Crippen LogP contribution in [-0.4, -0.2) is 41.8 Å². The van der Waals surface area contributed by atoms with Gasteiger partial charge in [0.25, 0.3) is 0 Å². The van der Waals surface area contributed by atoms with Gasteiger partial charge in [0.2, 0.25) is 16.9 Å². The molecule has 3 heterocycles. The van der Waals surface area contributed by atoms with Crippen LogP contribution in [0.5, 0.6) is 11.5 Å². The first-order valence-corrected chi connectivity index (χ1v) is 11.3. The number of hydrogen-bond acceptors (Lipinski definition) is 7. The zero-order valence-corrected chi connectivity index (χ0v) is 17.5. The SMILES string of the molecule is O=C(Nc1nnc(C2CCCCC2)s1)C1CC(=O)N(c2ccc3c(c2)OCCO3)C1. The Labute approximate surface area is 178 Å². The number of amides is 2. The Morgan fingerprint density at radius 2 is 1.90 bits per heavy atom. The highest BCUT2D eigenvalue weighted by molar-refractivity contribution is 7.15. The van der Waals surface area contributed by atoms with Crippen molar-refractivity contribution in [2.24, 2.45) is 5.92 Å². The number of fused-ring (bicyclic) bond motifs is 1. The van der Waals surface area contributed by atoms with Gasteiger partial charge in [-0.15, -0.1) is 10.2 Å². The summed E-state index contributed by atoms with van der Waals surface area (Å²) < 4.78 is 11.1. The standard InChI is InChI=1S/C21H24N4O4S/c26-18-10-14(12-25(18)15-6-7-16-17(11-15)29-9-8-28-16)19(27)22-21-24-23-20(30-21)13-4-2-1-3-5-13/h6-7,11,13-14H,1-5,8-10,12H2,(H,22,24,27). The van der Waals surface area contributed by atoms with E-state index in [4.69, 9.17) is 9.47 Å². The molecule has 0 radical (unpaired) electrons. The molecule has 1 saturated heterocycles. The quantitative estimate of drug-likeness (QED) is 0.803. The third-order valence-electron chi connectivity index (χ3n) is 5.96. The van der Waals surface area contributed by atoms with Crippen molar-refractivity contribution in [2.75, 3.05) is 30.0 Å². The Morgan fingerprint density at radius 1 is 1.10 bits per heavy atom. The van der Waals surface area contributed by atoms with Crippen LogP contribution in [0.25, 0.3) is 0 Å². The molecule has 1 aliphatic carbocycles. The van der Waals surface area contributed by atoms with Crippen LogP contribution in [0.1, 0.15) is 49.5 Å². The fourth-order valence-electron chi connectivity index (χ4n) is 4.34. The monoisotopic (exact) mass is 428 g/mol. The molecule has 0 bridgehead atoms.